The van der Waals surface area contributed by atoms with Gasteiger partial charge in [-0.05, 0) is 46.2 Å². The maximum absolute atomic E-state index is 4.52. The van der Waals surface area contributed by atoms with Gasteiger partial charge < -0.3 is 0 Å². The standard InChI is InChI=1S/C20H15N/c1-14-6-11-20(21-13-14)17-9-10-19-16(12-17)8-7-15-4-2-3-5-18(15)19/h2-13H,1H3. The van der Waals surface area contributed by atoms with Crippen LogP contribution in [-0.2, 0) is 0 Å². The molecule has 4 rings (SSSR count). The Bertz CT molecular complexity index is 937. The number of hydrogen-bond acceptors (Lipinski definition) is 1. The summed E-state index contributed by atoms with van der Waals surface area (Å²) in [5.74, 6) is 0. The molecular weight excluding hydrogens is 254 g/mol. The SMILES string of the molecule is Cc1ccc(-c2ccc3c(ccc4ccccc43)c2)nc1. The quantitative estimate of drug-likeness (QED) is 0.424. The van der Waals surface area contributed by atoms with Gasteiger partial charge in [0.25, 0.3) is 0 Å². The smallest absolute Gasteiger partial charge is 0.0702 e. The molecule has 0 saturated heterocycles. The number of fused-ring (bicyclic) bond motifs is 3. The second-order valence-electron chi connectivity index (χ2n) is 5.44. The second-order valence-corrected chi connectivity index (χ2v) is 5.44. The summed E-state index contributed by atoms with van der Waals surface area (Å²) in [4.78, 5) is 4.52. The summed E-state index contributed by atoms with van der Waals surface area (Å²) in [5, 5.41) is 5.14. The highest BCUT2D eigenvalue weighted by atomic mass is 14.7. The maximum Gasteiger partial charge on any atom is 0.0702 e. The van der Waals surface area contributed by atoms with Crippen LogP contribution in [0.5, 0.6) is 0 Å². The molecule has 0 N–H and O–H groups in total. The van der Waals surface area contributed by atoms with Crippen molar-refractivity contribution >= 4 is 21.5 Å². The van der Waals surface area contributed by atoms with Gasteiger partial charge in [-0.1, -0.05) is 54.6 Å². The summed E-state index contributed by atoms with van der Waals surface area (Å²) in [7, 11) is 0. The van der Waals surface area contributed by atoms with Crippen molar-refractivity contribution in [2.45, 2.75) is 6.92 Å². The first-order chi connectivity index (χ1) is 10.3. The molecule has 1 aromatic heterocycles. The molecule has 0 saturated carbocycles. The van der Waals surface area contributed by atoms with Gasteiger partial charge in [0, 0.05) is 11.8 Å². The predicted molar refractivity (Wildman–Crippen MR) is 89.4 cm³/mol. The van der Waals surface area contributed by atoms with Gasteiger partial charge >= 0.3 is 0 Å². The van der Waals surface area contributed by atoms with Crippen LogP contribution in [0.4, 0.5) is 0 Å². The minimum Gasteiger partial charge on any atom is -0.256 e. The van der Waals surface area contributed by atoms with Crippen LogP contribution < -0.4 is 0 Å². The Labute approximate surface area is 123 Å². The molecule has 0 aliphatic carbocycles. The largest absolute Gasteiger partial charge is 0.256 e. The molecular formula is C20H15N. The van der Waals surface area contributed by atoms with Gasteiger partial charge in [0.2, 0.25) is 0 Å². The van der Waals surface area contributed by atoms with Crippen molar-refractivity contribution in [3.63, 3.8) is 0 Å². The van der Waals surface area contributed by atoms with Crippen molar-refractivity contribution in [3.8, 4) is 11.3 Å². The molecule has 4 aromatic rings. The number of rotatable bonds is 1. The van der Waals surface area contributed by atoms with E-state index in [1.54, 1.807) is 0 Å². The van der Waals surface area contributed by atoms with Crippen LogP contribution in [0.1, 0.15) is 5.56 Å². The molecule has 1 nitrogen and oxygen atoms in total. The van der Waals surface area contributed by atoms with Crippen molar-refractivity contribution in [1.29, 1.82) is 0 Å². The molecule has 0 amide bonds. The van der Waals surface area contributed by atoms with Crippen molar-refractivity contribution < 1.29 is 0 Å². The summed E-state index contributed by atoms with van der Waals surface area (Å²) < 4.78 is 0. The fourth-order valence-electron chi connectivity index (χ4n) is 2.81. The Hall–Kier alpha value is -2.67. The van der Waals surface area contributed by atoms with Crippen molar-refractivity contribution in [3.05, 3.63) is 78.5 Å². The van der Waals surface area contributed by atoms with Crippen LogP contribution in [0.15, 0.2) is 72.9 Å². The van der Waals surface area contributed by atoms with E-state index in [0.29, 0.717) is 0 Å². The summed E-state index contributed by atoms with van der Waals surface area (Å²) in [5.41, 5.74) is 3.37. The lowest BCUT2D eigenvalue weighted by molar-refractivity contribution is 1.27. The molecule has 0 aliphatic heterocycles. The van der Waals surface area contributed by atoms with Gasteiger partial charge in [-0.15, -0.1) is 0 Å². The molecule has 3 aromatic carbocycles. The van der Waals surface area contributed by atoms with Crippen molar-refractivity contribution in [2.24, 2.45) is 0 Å². The Morgan fingerprint density at radius 3 is 2.38 bits per heavy atom. The van der Waals surface area contributed by atoms with E-state index < -0.39 is 0 Å². The Kier molecular flexibility index (Phi) is 2.71. The van der Waals surface area contributed by atoms with E-state index in [4.69, 9.17) is 0 Å². The van der Waals surface area contributed by atoms with E-state index in [9.17, 15) is 0 Å². The predicted octanol–water partition coefficient (Wildman–Crippen LogP) is 5.36. The Morgan fingerprint density at radius 1 is 0.714 bits per heavy atom. The van der Waals surface area contributed by atoms with Crippen LogP contribution in [0.25, 0.3) is 32.8 Å². The van der Waals surface area contributed by atoms with Gasteiger partial charge in [-0.3, -0.25) is 4.98 Å². The summed E-state index contributed by atoms with van der Waals surface area (Å²) >= 11 is 0. The highest BCUT2D eigenvalue weighted by Crippen LogP contribution is 2.28. The minimum atomic E-state index is 1.02. The molecule has 21 heavy (non-hydrogen) atoms. The lowest BCUT2D eigenvalue weighted by atomic mass is 9.99. The number of pyridine rings is 1. The zero-order chi connectivity index (χ0) is 14.2. The van der Waals surface area contributed by atoms with Crippen LogP contribution in [-0.4, -0.2) is 4.98 Å². The normalized spacial score (nSPS) is 11.1. The van der Waals surface area contributed by atoms with Gasteiger partial charge in [0.05, 0.1) is 5.69 Å². The van der Waals surface area contributed by atoms with E-state index in [1.807, 2.05) is 6.20 Å². The van der Waals surface area contributed by atoms with Crippen molar-refractivity contribution in [1.82, 2.24) is 4.98 Å². The van der Waals surface area contributed by atoms with E-state index in [1.165, 1.54) is 27.1 Å². The van der Waals surface area contributed by atoms with E-state index in [2.05, 4.69) is 78.6 Å². The average molecular weight is 269 g/mol. The number of aryl methyl sites for hydroxylation is 1. The van der Waals surface area contributed by atoms with Crippen LogP contribution >= 0.6 is 0 Å². The summed E-state index contributed by atoms with van der Waals surface area (Å²) in [6, 6.07) is 23.7. The summed E-state index contributed by atoms with van der Waals surface area (Å²) in [6.45, 7) is 2.06. The molecule has 0 spiro atoms. The molecule has 0 bridgehead atoms. The fraction of sp³-hybridized carbons (Fsp3) is 0.0500. The number of benzene rings is 3. The minimum absolute atomic E-state index is 1.02. The van der Waals surface area contributed by atoms with E-state index in [-0.39, 0.29) is 0 Å². The summed E-state index contributed by atoms with van der Waals surface area (Å²) in [6.07, 6.45) is 1.92. The molecule has 0 unspecified atom stereocenters. The van der Waals surface area contributed by atoms with Crippen LogP contribution in [0.3, 0.4) is 0 Å². The monoisotopic (exact) mass is 269 g/mol. The third-order valence-corrected chi connectivity index (χ3v) is 3.95. The molecule has 0 radical (unpaired) electrons. The van der Waals surface area contributed by atoms with Crippen LogP contribution in [0.2, 0.25) is 0 Å². The first-order valence-corrected chi connectivity index (χ1v) is 7.16. The number of nitrogens with zero attached hydrogens (tertiary/aromatic N) is 1. The van der Waals surface area contributed by atoms with Gasteiger partial charge in [0.1, 0.15) is 0 Å². The van der Waals surface area contributed by atoms with Gasteiger partial charge in [-0.25, -0.2) is 0 Å². The Balaban J connectivity index is 1.94. The van der Waals surface area contributed by atoms with Crippen molar-refractivity contribution in [2.75, 3.05) is 0 Å². The first-order valence-electron chi connectivity index (χ1n) is 7.16. The molecule has 0 atom stereocenters. The van der Waals surface area contributed by atoms with Gasteiger partial charge in [-0.2, -0.15) is 0 Å². The van der Waals surface area contributed by atoms with E-state index >= 15 is 0 Å². The lowest BCUT2D eigenvalue weighted by Crippen LogP contribution is -1.85. The highest BCUT2D eigenvalue weighted by molar-refractivity contribution is 6.08. The average Bonchev–Trinajstić information content (AvgIpc) is 2.55. The lowest BCUT2D eigenvalue weighted by Gasteiger charge is -2.07. The van der Waals surface area contributed by atoms with Gasteiger partial charge in [0.15, 0.2) is 0 Å². The second kappa shape index (κ2) is 4.71. The number of hydrogen-bond donors (Lipinski definition) is 0. The molecule has 1 heteroatoms. The third-order valence-electron chi connectivity index (χ3n) is 3.95. The Morgan fingerprint density at radius 2 is 1.52 bits per heavy atom. The zero-order valence-corrected chi connectivity index (χ0v) is 11.9. The maximum atomic E-state index is 4.52. The zero-order valence-electron chi connectivity index (χ0n) is 11.9. The van der Waals surface area contributed by atoms with E-state index in [0.717, 1.165) is 11.3 Å². The highest BCUT2D eigenvalue weighted by Gasteiger charge is 2.03. The topological polar surface area (TPSA) is 12.9 Å². The first kappa shape index (κ1) is 12.1. The molecule has 1 heterocycles. The molecule has 100 valence electrons. The third kappa shape index (κ3) is 2.07. The molecule has 0 fully saturated rings. The van der Waals surface area contributed by atoms with Crippen LogP contribution in [0, 0.1) is 6.92 Å². The molecule has 0 aliphatic rings. The number of aromatic nitrogens is 1. The fourth-order valence-corrected chi connectivity index (χ4v) is 2.81.